The average Bonchev–Trinajstić information content (AvgIpc) is 2.98. The van der Waals surface area contributed by atoms with Crippen LogP contribution in [0.15, 0.2) is 61.1 Å². The van der Waals surface area contributed by atoms with Crippen LogP contribution in [0.25, 0.3) is 22.2 Å². The summed E-state index contributed by atoms with van der Waals surface area (Å²) in [4.78, 5) is 12.3. The molecule has 0 saturated carbocycles. The summed E-state index contributed by atoms with van der Waals surface area (Å²) in [6.07, 6.45) is 5.67. The largest absolute Gasteiger partial charge is 0.399 e. The van der Waals surface area contributed by atoms with Crippen molar-refractivity contribution in [3.8, 4) is 11.1 Å². The maximum absolute atomic E-state index is 5.85. The molecule has 0 amide bonds. The molecule has 1 aromatic carbocycles. The topological polar surface area (TPSA) is 79.6 Å². The first-order chi connectivity index (χ1) is 11.8. The van der Waals surface area contributed by atoms with E-state index in [2.05, 4.69) is 38.5 Å². The van der Waals surface area contributed by atoms with Gasteiger partial charge in [0.05, 0.1) is 6.04 Å². The van der Waals surface area contributed by atoms with Crippen molar-refractivity contribution in [2.45, 2.75) is 6.04 Å². The van der Waals surface area contributed by atoms with E-state index in [0.717, 1.165) is 44.8 Å². The van der Waals surface area contributed by atoms with Crippen LogP contribution in [0, 0.1) is 0 Å². The normalized spacial score (nSPS) is 15.6. The number of hydrogen-bond acceptors (Lipinski definition) is 4. The number of fused-ring (bicyclic) bond motifs is 2. The molecular weight excluding hydrogens is 298 g/mol. The quantitative estimate of drug-likeness (QED) is 0.468. The molecule has 0 saturated heterocycles. The fraction of sp³-hybridized carbons (Fsp3) is 0.0526. The summed E-state index contributed by atoms with van der Waals surface area (Å²) in [5.74, 6) is 0.878. The minimum Gasteiger partial charge on any atom is -0.399 e. The number of H-pyrrole nitrogens is 1. The smallest absolute Gasteiger partial charge is 0.138 e. The van der Waals surface area contributed by atoms with E-state index in [4.69, 9.17) is 5.73 Å². The summed E-state index contributed by atoms with van der Waals surface area (Å²) in [5.41, 5.74) is 12.0. The zero-order valence-electron chi connectivity index (χ0n) is 12.8. The van der Waals surface area contributed by atoms with Crippen LogP contribution >= 0.6 is 0 Å². The first-order valence-electron chi connectivity index (χ1n) is 7.84. The van der Waals surface area contributed by atoms with Crippen molar-refractivity contribution in [3.63, 3.8) is 0 Å². The van der Waals surface area contributed by atoms with E-state index in [1.807, 2.05) is 42.9 Å². The van der Waals surface area contributed by atoms with Crippen LogP contribution in [-0.2, 0) is 0 Å². The third-order valence-corrected chi connectivity index (χ3v) is 4.56. The van der Waals surface area contributed by atoms with Gasteiger partial charge in [-0.1, -0.05) is 12.1 Å². The molecule has 24 heavy (non-hydrogen) atoms. The predicted molar refractivity (Wildman–Crippen MR) is 95.6 cm³/mol. The van der Waals surface area contributed by atoms with Gasteiger partial charge in [0, 0.05) is 40.8 Å². The zero-order valence-corrected chi connectivity index (χ0v) is 12.8. The molecule has 0 fully saturated rings. The Morgan fingerprint density at radius 2 is 1.79 bits per heavy atom. The van der Waals surface area contributed by atoms with Gasteiger partial charge in [0.25, 0.3) is 0 Å². The standard InChI is InChI=1S/C19H15N5/c20-12-5-3-11(4-6-12)17-15-10-23-19-16(15)13(7-9-22-19)14-2-1-8-21-18(14)24-17/h1-10,17H,20H2,(H,21,24)(H,22,23). The number of anilines is 2. The van der Waals surface area contributed by atoms with E-state index < -0.39 is 0 Å². The number of nitrogens with two attached hydrogens (primary N) is 1. The molecule has 0 spiro atoms. The Morgan fingerprint density at radius 1 is 0.917 bits per heavy atom. The molecule has 1 aliphatic rings. The van der Waals surface area contributed by atoms with E-state index in [1.54, 1.807) is 0 Å². The van der Waals surface area contributed by atoms with Crippen LogP contribution in [0.3, 0.4) is 0 Å². The number of hydrogen-bond donors (Lipinski definition) is 3. The molecule has 116 valence electrons. The zero-order chi connectivity index (χ0) is 16.1. The molecular formula is C19H15N5. The molecule has 0 bridgehead atoms. The van der Waals surface area contributed by atoms with E-state index >= 15 is 0 Å². The van der Waals surface area contributed by atoms with E-state index in [-0.39, 0.29) is 6.04 Å². The number of benzene rings is 1. The SMILES string of the molecule is Nc1ccc(C2Nc3ncccc3-c3ccnc4[nH]cc2c34)cc1. The lowest BCUT2D eigenvalue weighted by molar-refractivity contribution is 0.941. The van der Waals surface area contributed by atoms with Gasteiger partial charge in [0.2, 0.25) is 0 Å². The number of rotatable bonds is 1. The molecule has 0 aliphatic carbocycles. The lowest BCUT2D eigenvalue weighted by atomic mass is 9.97. The molecule has 0 radical (unpaired) electrons. The minimum atomic E-state index is -0.0153. The third-order valence-electron chi connectivity index (χ3n) is 4.56. The highest BCUT2D eigenvalue weighted by Crippen LogP contribution is 2.42. The van der Waals surface area contributed by atoms with Crippen LogP contribution in [0.2, 0.25) is 0 Å². The van der Waals surface area contributed by atoms with Crippen molar-refractivity contribution in [1.29, 1.82) is 0 Å². The number of nitrogen functional groups attached to an aromatic ring is 1. The summed E-state index contributed by atoms with van der Waals surface area (Å²) < 4.78 is 0. The number of nitrogens with one attached hydrogen (secondary N) is 2. The molecule has 4 N–H and O–H groups in total. The van der Waals surface area contributed by atoms with Crippen LogP contribution in [0.5, 0.6) is 0 Å². The van der Waals surface area contributed by atoms with Gasteiger partial charge in [0.15, 0.2) is 0 Å². The molecule has 3 aromatic heterocycles. The molecule has 1 aliphatic heterocycles. The third kappa shape index (κ3) is 1.81. The van der Waals surface area contributed by atoms with Crippen molar-refractivity contribution in [1.82, 2.24) is 15.0 Å². The fourth-order valence-corrected chi connectivity index (χ4v) is 3.44. The molecule has 1 atom stereocenters. The highest BCUT2D eigenvalue weighted by atomic mass is 15.0. The number of aromatic amines is 1. The minimum absolute atomic E-state index is 0.0153. The maximum atomic E-state index is 5.85. The summed E-state index contributed by atoms with van der Waals surface area (Å²) in [6.45, 7) is 0. The highest BCUT2D eigenvalue weighted by Gasteiger charge is 2.26. The second-order valence-corrected chi connectivity index (χ2v) is 5.97. The number of pyridine rings is 2. The van der Waals surface area contributed by atoms with Gasteiger partial charge < -0.3 is 16.0 Å². The molecule has 4 heterocycles. The van der Waals surface area contributed by atoms with Crippen molar-refractivity contribution < 1.29 is 0 Å². The van der Waals surface area contributed by atoms with Crippen LogP contribution in [-0.4, -0.2) is 15.0 Å². The average molecular weight is 313 g/mol. The lowest BCUT2D eigenvalue weighted by Gasteiger charge is -2.18. The van der Waals surface area contributed by atoms with E-state index in [0.29, 0.717) is 0 Å². The summed E-state index contributed by atoms with van der Waals surface area (Å²) >= 11 is 0. The molecule has 5 nitrogen and oxygen atoms in total. The van der Waals surface area contributed by atoms with Gasteiger partial charge in [-0.15, -0.1) is 0 Å². The van der Waals surface area contributed by atoms with E-state index in [9.17, 15) is 0 Å². The Kier molecular flexibility index (Phi) is 2.64. The van der Waals surface area contributed by atoms with Crippen molar-refractivity contribution in [2.24, 2.45) is 0 Å². The molecule has 5 rings (SSSR count). The number of nitrogens with zero attached hydrogens (tertiary/aromatic N) is 2. The fourth-order valence-electron chi connectivity index (χ4n) is 3.44. The second-order valence-electron chi connectivity index (χ2n) is 5.97. The monoisotopic (exact) mass is 313 g/mol. The summed E-state index contributed by atoms with van der Waals surface area (Å²) in [5, 5.41) is 4.73. The maximum Gasteiger partial charge on any atom is 0.138 e. The Labute approximate surface area is 138 Å². The lowest BCUT2D eigenvalue weighted by Crippen LogP contribution is -2.12. The predicted octanol–water partition coefficient (Wildman–Crippen LogP) is 3.72. The van der Waals surface area contributed by atoms with Gasteiger partial charge in [-0.3, -0.25) is 0 Å². The molecule has 5 heteroatoms. The Balaban J connectivity index is 1.83. The van der Waals surface area contributed by atoms with Crippen molar-refractivity contribution in [2.75, 3.05) is 11.1 Å². The molecule has 1 unspecified atom stereocenters. The van der Waals surface area contributed by atoms with E-state index in [1.165, 1.54) is 0 Å². The Bertz CT molecular complexity index is 1050. The Hall–Kier alpha value is -3.34. The van der Waals surface area contributed by atoms with Gasteiger partial charge in [-0.25, -0.2) is 9.97 Å². The first kappa shape index (κ1) is 13.1. The Morgan fingerprint density at radius 3 is 2.67 bits per heavy atom. The number of aromatic nitrogens is 3. The van der Waals surface area contributed by atoms with Gasteiger partial charge >= 0.3 is 0 Å². The van der Waals surface area contributed by atoms with Gasteiger partial charge in [-0.05, 0) is 41.5 Å². The van der Waals surface area contributed by atoms with Crippen molar-refractivity contribution in [3.05, 3.63) is 72.2 Å². The summed E-state index contributed by atoms with van der Waals surface area (Å²) in [6, 6.07) is 14.0. The van der Waals surface area contributed by atoms with Gasteiger partial charge in [-0.2, -0.15) is 0 Å². The second kappa shape index (κ2) is 4.83. The highest BCUT2D eigenvalue weighted by molar-refractivity contribution is 6.00. The van der Waals surface area contributed by atoms with Crippen LogP contribution < -0.4 is 11.1 Å². The van der Waals surface area contributed by atoms with Crippen molar-refractivity contribution >= 4 is 22.5 Å². The van der Waals surface area contributed by atoms with Crippen LogP contribution in [0.1, 0.15) is 17.2 Å². The first-order valence-corrected chi connectivity index (χ1v) is 7.84. The molecule has 4 aromatic rings. The van der Waals surface area contributed by atoms with Crippen LogP contribution in [0.4, 0.5) is 11.5 Å². The summed E-state index contributed by atoms with van der Waals surface area (Å²) in [7, 11) is 0. The van der Waals surface area contributed by atoms with Gasteiger partial charge in [0.1, 0.15) is 11.5 Å².